The van der Waals surface area contributed by atoms with Crippen LogP contribution >= 0.6 is 0 Å². The van der Waals surface area contributed by atoms with Gasteiger partial charge >= 0.3 is 0 Å². The standard InChI is InChI=1S/3C15H30.C14H28/c3*1-13-7-5-8-14(2)10-12-15(3,4)11-6-9-13;1-13-9-7-5-4-6-8-11-14(2,3)12-10-13/h3*13-14H,5-12H2,1-4H3;13H,4-12H2,1-3H3/t2*13-,14+;13-,14-;13-/m1001/s1. The number of hydrogen-bond donors (Lipinski definition) is 0. The minimum absolute atomic E-state index is 0.596. The summed E-state index contributed by atoms with van der Waals surface area (Å²) in [7, 11) is 0. The van der Waals surface area contributed by atoms with Crippen LogP contribution in [0.2, 0.25) is 0 Å². The maximum Gasteiger partial charge on any atom is -0.0354 e. The minimum Gasteiger partial charge on any atom is -0.0625 e. The van der Waals surface area contributed by atoms with Gasteiger partial charge in [0.2, 0.25) is 0 Å². The van der Waals surface area contributed by atoms with E-state index in [-0.39, 0.29) is 0 Å². The molecule has 0 aromatic heterocycles. The van der Waals surface area contributed by atoms with E-state index in [0.29, 0.717) is 21.7 Å². The second-order valence-corrected chi connectivity index (χ2v) is 26.3. The monoisotopic (exact) mass is 827 g/mol. The fourth-order valence-electron chi connectivity index (χ4n) is 10.9. The highest BCUT2D eigenvalue weighted by Gasteiger charge is 2.23. The summed E-state index contributed by atoms with van der Waals surface area (Å²) in [6.07, 6.45) is 48.0. The average molecular weight is 828 g/mol. The molecule has 59 heavy (non-hydrogen) atoms. The first kappa shape index (κ1) is 57.0. The Morgan fingerprint density at radius 3 is 0.661 bits per heavy atom. The SMILES string of the molecule is C[C@@H]1CCCCCCCC(C)(C)CC1.C[C@@H]1CCC[C@H](C)CCC(C)(C)CCC1.C[C@H]1CCC[C@@H](C)CCC(C)(C)CCC1.C[C@H]1CCC[C@H](C)CCC(C)(C)CCC1. The van der Waals surface area contributed by atoms with Crippen LogP contribution in [-0.4, -0.2) is 0 Å². The van der Waals surface area contributed by atoms with Crippen molar-refractivity contribution in [3.05, 3.63) is 0 Å². The van der Waals surface area contributed by atoms with Gasteiger partial charge in [-0.3, -0.25) is 0 Å². The van der Waals surface area contributed by atoms with Crippen molar-refractivity contribution >= 4 is 0 Å². The van der Waals surface area contributed by atoms with E-state index < -0.39 is 0 Å². The zero-order chi connectivity index (χ0) is 44.4. The average Bonchev–Trinajstić information content (AvgIpc) is 3.22. The lowest BCUT2D eigenvalue weighted by Gasteiger charge is -2.26. The fraction of sp³-hybridized carbons (Fsp3) is 1.00. The normalized spacial score (nSPS) is 33.5. The Morgan fingerprint density at radius 2 is 0.373 bits per heavy atom. The molecular formula is C59H118. The summed E-state index contributed by atoms with van der Waals surface area (Å²) in [6.45, 7) is 36.8. The second kappa shape index (κ2) is 31.0. The van der Waals surface area contributed by atoms with Gasteiger partial charge in [-0.05, 0) is 114 Å². The molecule has 0 aromatic rings. The molecule has 4 aliphatic carbocycles. The molecule has 0 nitrogen and oxygen atoms in total. The lowest BCUT2D eigenvalue weighted by atomic mass is 9.80. The lowest BCUT2D eigenvalue weighted by molar-refractivity contribution is 0.265. The van der Waals surface area contributed by atoms with E-state index in [1.807, 2.05) is 0 Å². The van der Waals surface area contributed by atoms with Gasteiger partial charge in [0.1, 0.15) is 0 Å². The summed E-state index contributed by atoms with van der Waals surface area (Å²) in [5.41, 5.74) is 2.40. The van der Waals surface area contributed by atoms with Gasteiger partial charge in [0.15, 0.2) is 0 Å². The van der Waals surface area contributed by atoms with Gasteiger partial charge in [-0.2, -0.15) is 0 Å². The first-order valence-electron chi connectivity index (χ1n) is 27.6. The third-order valence-corrected chi connectivity index (χ3v) is 16.6. The minimum atomic E-state index is 0.596. The summed E-state index contributed by atoms with van der Waals surface area (Å²) < 4.78 is 0. The van der Waals surface area contributed by atoms with Crippen LogP contribution in [0.5, 0.6) is 0 Å². The van der Waals surface area contributed by atoms with E-state index in [1.165, 1.54) is 212 Å². The van der Waals surface area contributed by atoms with Crippen molar-refractivity contribution in [2.45, 2.75) is 316 Å². The predicted octanol–water partition coefficient (Wildman–Crippen LogP) is 21.4. The van der Waals surface area contributed by atoms with Gasteiger partial charge in [0, 0.05) is 0 Å². The van der Waals surface area contributed by atoms with Crippen molar-refractivity contribution in [3.63, 3.8) is 0 Å². The predicted molar refractivity (Wildman–Crippen MR) is 272 cm³/mol. The third kappa shape index (κ3) is 33.2. The second-order valence-electron chi connectivity index (χ2n) is 26.3. The van der Waals surface area contributed by atoms with E-state index in [4.69, 9.17) is 0 Å². The molecule has 7 atom stereocenters. The molecule has 0 aliphatic heterocycles. The highest BCUT2D eigenvalue weighted by atomic mass is 14.3. The highest BCUT2D eigenvalue weighted by molar-refractivity contribution is 4.76. The fourth-order valence-corrected chi connectivity index (χ4v) is 10.9. The molecule has 0 saturated heterocycles. The Labute approximate surface area is 377 Å². The quantitative estimate of drug-likeness (QED) is 0.228. The molecule has 354 valence electrons. The molecule has 0 N–H and O–H groups in total. The van der Waals surface area contributed by atoms with Crippen molar-refractivity contribution in [1.82, 2.24) is 0 Å². The van der Waals surface area contributed by atoms with Crippen LogP contribution in [0.3, 0.4) is 0 Å². The van der Waals surface area contributed by atoms with Crippen LogP contribution in [0.4, 0.5) is 0 Å². The number of rotatable bonds is 0. The molecule has 0 unspecified atom stereocenters. The molecule has 0 aromatic carbocycles. The maximum absolute atomic E-state index is 2.46. The first-order chi connectivity index (χ1) is 27.6. The largest absolute Gasteiger partial charge is 0.0625 e. The lowest BCUT2D eigenvalue weighted by Crippen LogP contribution is -2.12. The molecular weight excluding hydrogens is 709 g/mol. The summed E-state index contributed by atoms with van der Waals surface area (Å²) in [6, 6.07) is 0. The Bertz CT molecular complexity index is 869. The molecule has 0 amide bonds. The van der Waals surface area contributed by atoms with E-state index in [9.17, 15) is 0 Å². The van der Waals surface area contributed by atoms with Gasteiger partial charge in [0.25, 0.3) is 0 Å². The van der Waals surface area contributed by atoms with E-state index >= 15 is 0 Å². The molecule has 0 bridgehead atoms. The molecule has 0 radical (unpaired) electrons. The topological polar surface area (TPSA) is 0 Å². The van der Waals surface area contributed by atoms with Crippen LogP contribution < -0.4 is 0 Å². The Hall–Kier alpha value is 0. The Morgan fingerprint density at radius 1 is 0.186 bits per heavy atom. The van der Waals surface area contributed by atoms with Crippen molar-refractivity contribution in [2.24, 2.45) is 63.1 Å². The van der Waals surface area contributed by atoms with Crippen LogP contribution in [0.15, 0.2) is 0 Å². The smallest absolute Gasteiger partial charge is 0.0354 e. The van der Waals surface area contributed by atoms with Gasteiger partial charge in [-0.1, -0.05) is 264 Å². The van der Waals surface area contributed by atoms with Gasteiger partial charge < -0.3 is 0 Å². The van der Waals surface area contributed by atoms with Gasteiger partial charge in [-0.15, -0.1) is 0 Å². The molecule has 0 heterocycles. The molecule has 0 heteroatoms. The van der Waals surface area contributed by atoms with Crippen molar-refractivity contribution in [1.29, 1.82) is 0 Å². The van der Waals surface area contributed by atoms with Crippen molar-refractivity contribution < 1.29 is 0 Å². The highest BCUT2D eigenvalue weighted by Crippen LogP contribution is 2.37. The van der Waals surface area contributed by atoms with E-state index in [0.717, 1.165) is 41.4 Å². The van der Waals surface area contributed by atoms with E-state index in [1.54, 1.807) is 0 Å². The molecule has 4 rings (SSSR count). The van der Waals surface area contributed by atoms with Crippen LogP contribution in [-0.2, 0) is 0 Å². The zero-order valence-corrected chi connectivity index (χ0v) is 44.4. The van der Waals surface area contributed by atoms with Crippen LogP contribution in [0, 0.1) is 63.1 Å². The third-order valence-electron chi connectivity index (χ3n) is 16.6. The molecule has 4 saturated carbocycles. The summed E-state index contributed by atoms with van der Waals surface area (Å²) in [4.78, 5) is 0. The maximum atomic E-state index is 2.46. The zero-order valence-electron chi connectivity index (χ0n) is 44.4. The number of hydrogen-bond acceptors (Lipinski definition) is 0. The van der Waals surface area contributed by atoms with Crippen molar-refractivity contribution in [3.8, 4) is 0 Å². The van der Waals surface area contributed by atoms with Crippen molar-refractivity contribution in [2.75, 3.05) is 0 Å². The molecule has 4 aliphatic rings. The van der Waals surface area contributed by atoms with E-state index in [2.05, 4.69) is 104 Å². The van der Waals surface area contributed by atoms with Crippen LogP contribution in [0.1, 0.15) is 316 Å². The molecule has 0 spiro atoms. The first-order valence-corrected chi connectivity index (χ1v) is 27.6. The molecule has 4 fully saturated rings. The summed E-state index contributed by atoms with van der Waals surface area (Å²) >= 11 is 0. The Kier molecular flexibility index (Phi) is 29.9. The van der Waals surface area contributed by atoms with Crippen LogP contribution in [0.25, 0.3) is 0 Å². The van der Waals surface area contributed by atoms with Gasteiger partial charge in [-0.25, -0.2) is 0 Å². The summed E-state index contributed by atoms with van der Waals surface area (Å²) in [5, 5.41) is 0. The Balaban J connectivity index is 0.000000393. The van der Waals surface area contributed by atoms with Gasteiger partial charge in [0.05, 0.1) is 0 Å². The summed E-state index contributed by atoms with van der Waals surface area (Å²) in [5.74, 6) is 6.72.